The highest BCUT2D eigenvalue weighted by Gasteiger charge is 2.34. The standard InChI is InChI=1S/C20H19F5IN3O/c21-18(22)15-4-2-12(9-17(15)26)19(30)28-14-3-1-13(16(10-14)20(23,24)25)11-29-7-5-27-6-8-29/h1-4,9-10,18,27H,5-8,11H2,(H,28,30). The first-order chi connectivity index (χ1) is 14.1. The molecule has 1 aliphatic rings. The molecule has 2 aromatic rings. The van der Waals surface area contributed by atoms with Gasteiger partial charge in [0.15, 0.2) is 0 Å². The van der Waals surface area contributed by atoms with Crippen molar-refractivity contribution < 1.29 is 26.7 Å². The Morgan fingerprint density at radius 1 is 1.13 bits per heavy atom. The number of carbonyl (C=O) groups excluding carboxylic acids is 1. The van der Waals surface area contributed by atoms with Crippen molar-refractivity contribution in [3.63, 3.8) is 0 Å². The lowest BCUT2D eigenvalue weighted by atomic mass is 10.0. The Morgan fingerprint density at radius 3 is 2.43 bits per heavy atom. The molecule has 0 saturated carbocycles. The Bertz CT molecular complexity index is 914. The molecule has 1 heterocycles. The molecule has 0 aliphatic carbocycles. The molecule has 2 N–H and O–H groups in total. The predicted molar refractivity (Wildman–Crippen MR) is 112 cm³/mol. The molecule has 10 heteroatoms. The van der Waals surface area contributed by atoms with Crippen molar-refractivity contribution in [3.8, 4) is 0 Å². The summed E-state index contributed by atoms with van der Waals surface area (Å²) in [7, 11) is 0. The van der Waals surface area contributed by atoms with Crippen LogP contribution >= 0.6 is 22.6 Å². The minimum absolute atomic E-state index is 0.00988. The number of alkyl halides is 5. The highest BCUT2D eigenvalue weighted by molar-refractivity contribution is 14.1. The number of piperazine rings is 1. The van der Waals surface area contributed by atoms with E-state index in [1.165, 1.54) is 24.3 Å². The number of benzene rings is 2. The van der Waals surface area contributed by atoms with Gasteiger partial charge in [0.1, 0.15) is 0 Å². The quantitative estimate of drug-likeness (QED) is 0.420. The van der Waals surface area contributed by atoms with E-state index in [-0.39, 0.29) is 32.5 Å². The van der Waals surface area contributed by atoms with E-state index in [9.17, 15) is 26.7 Å². The molecule has 4 nitrogen and oxygen atoms in total. The average molecular weight is 539 g/mol. The van der Waals surface area contributed by atoms with Gasteiger partial charge in [0.25, 0.3) is 12.3 Å². The van der Waals surface area contributed by atoms with Crippen molar-refractivity contribution >= 4 is 34.2 Å². The molecular formula is C20H19F5IN3O. The minimum Gasteiger partial charge on any atom is -0.322 e. The van der Waals surface area contributed by atoms with Crippen LogP contribution in [-0.2, 0) is 12.7 Å². The zero-order chi connectivity index (χ0) is 21.9. The summed E-state index contributed by atoms with van der Waals surface area (Å²) in [6.07, 6.45) is -7.25. The smallest absolute Gasteiger partial charge is 0.322 e. The van der Waals surface area contributed by atoms with E-state index < -0.39 is 24.1 Å². The Labute approximate surface area is 184 Å². The first kappa shape index (κ1) is 22.9. The largest absolute Gasteiger partial charge is 0.416 e. The van der Waals surface area contributed by atoms with Crippen molar-refractivity contribution in [1.82, 2.24) is 10.2 Å². The van der Waals surface area contributed by atoms with Gasteiger partial charge in [0, 0.05) is 53.1 Å². The van der Waals surface area contributed by atoms with Crippen molar-refractivity contribution in [2.75, 3.05) is 31.5 Å². The zero-order valence-electron chi connectivity index (χ0n) is 15.7. The third-order valence-electron chi connectivity index (χ3n) is 4.77. The van der Waals surface area contributed by atoms with Gasteiger partial charge in [0.2, 0.25) is 0 Å². The van der Waals surface area contributed by atoms with Crippen LogP contribution in [0.15, 0.2) is 36.4 Å². The summed E-state index contributed by atoms with van der Waals surface area (Å²) in [6.45, 7) is 2.92. The first-order valence-corrected chi connectivity index (χ1v) is 10.2. The van der Waals surface area contributed by atoms with E-state index in [1.807, 2.05) is 4.90 Å². The highest BCUT2D eigenvalue weighted by Crippen LogP contribution is 2.35. The van der Waals surface area contributed by atoms with Crippen LogP contribution in [0.1, 0.15) is 33.5 Å². The topological polar surface area (TPSA) is 44.4 Å². The Hall–Kier alpha value is -1.79. The second kappa shape index (κ2) is 9.56. The molecular weight excluding hydrogens is 520 g/mol. The molecule has 30 heavy (non-hydrogen) atoms. The van der Waals surface area contributed by atoms with E-state index >= 15 is 0 Å². The number of carbonyl (C=O) groups is 1. The van der Waals surface area contributed by atoms with Gasteiger partial charge in [0.05, 0.1) is 5.56 Å². The third kappa shape index (κ3) is 5.67. The number of halogens is 6. The molecule has 1 fully saturated rings. The molecule has 162 valence electrons. The molecule has 0 bridgehead atoms. The lowest BCUT2D eigenvalue weighted by molar-refractivity contribution is -0.138. The van der Waals surface area contributed by atoms with Crippen LogP contribution in [0.25, 0.3) is 0 Å². The number of anilines is 1. The van der Waals surface area contributed by atoms with Crippen molar-refractivity contribution in [2.24, 2.45) is 0 Å². The molecule has 0 aromatic heterocycles. The van der Waals surface area contributed by atoms with Crippen LogP contribution in [-0.4, -0.2) is 37.0 Å². The summed E-state index contributed by atoms with van der Waals surface area (Å²) in [5.74, 6) is -0.670. The number of rotatable bonds is 5. The molecule has 3 rings (SSSR count). The van der Waals surface area contributed by atoms with Crippen LogP contribution in [0.3, 0.4) is 0 Å². The second-order valence-corrected chi connectivity index (χ2v) is 8.05. The highest BCUT2D eigenvalue weighted by atomic mass is 127. The first-order valence-electron chi connectivity index (χ1n) is 9.17. The maximum Gasteiger partial charge on any atom is 0.416 e. The number of hydrogen-bond donors (Lipinski definition) is 2. The van der Waals surface area contributed by atoms with Crippen LogP contribution in [0, 0.1) is 3.57 Å². The Balaban J connectivity index is 1.80. The number of amides is 1. The van der Waals surface area contributed by atoms with Crippen molar-refractivity contribution in [1.29, 1.82) is 0 Å². The van der Waals surface area contributed by atoms with Gasteiger partial charge in [-0.25, -0.2) is 8.78 Å². The van der Waals surface area contributed by atoms with Gasteiger partial charge < -0.3 is 10.6 Å². The summed E-state index contributed by atoms with van der Waals surface area (Å²) in [5, 5.41) is 5.58. The van der Waals surface area contributed by atoms with Gasteiger partial charge in [-0.05, 0) is 52.4 Å². The van der Waals surface area contributed by atoms with Crippen molar-refractivity contribution in [2.45, 2.75) is 19.1 Å². The summed E-state index contributed by atoms with van der Waals surface area (Å²) in [6, 6.07) is 7.34. The van der Waals surface area contributed by atoms with Crippen LogP contribution in [0.5, 0.6) is 0 Å². The summed E-state index contributed by atoms with van der Waals surface area (Å²) < 4.78 is 66.7. The van der Waals surface area contributed by atoms with E-state index in [0.717, 1.165) is 25.2 Å². The van der Waals surface area contributed by atoms with Gasteiger partial charge >= 0.3 is 6.18 Å². The molecule has 0 unspecified atom stereocenters. The number of hydrogen-bond acceptors (Lipinski definition) is 3. The van der Waals surface area contributed by atoms with Gasteiger partial charge in [-0.2, -0.15) is 13.2 Å². The Kier molecular flexibility index (Phi) is 7.30. The predicted octanol–water partition coefficient (Wildman–Crippen LogP) is 4.91. The van der Waals surface area contributed by atoms with Gasteiger partial charge in [-0.1, -0.05) is 12.1 Å². The molecule has 2 aromatic carbocycles. The summed E-state index contributed by atoms with van der Waals surface area (Å²) in [4.78, 5) is 14.3. The molecule has 0 radical (unpaired) electrons. The zero-order valence-corrected chi connectivity index (χ0v) is 17.9. The fraction of sp³-hybridized carbons (Fsp3) is 0.350. The lowest BCUT2D eigenvalue weighted by Crippen LogP contribution is -2.43. The SMILES string of the molecule is O=C(Nc1ccc(CN2CCNCC2)c(C(F)(F)F)c1)c1ccc(C(F)F)c(I)c1. The molecule has 0 spiro atoms. The molecule has 0 atom stereocenters. The van der Waals surface area contributed by atoms with E-state index in [2.05, 4.69) is 10.6 Å². The summed E-state index contributed by atoms with van der Waals surface area (Å²) in [5.41, 5.74) is -0.796. The van der Waals surface area contributed by atoms with Gasteiger partial charge in [-0.15, -0.1) is 0 Å². The average Bonchev–Trinajstić information content (AvgIpc) is 2.68. The number of nitrogens with zero attached hydrogens (tertiary/aromatic N) is 1. The van der Waals surface area contributed by atoms with Crippen molar-refractivity contribution in [3.05, 3.63) is 62.2 Å². The monoisotopic (exact) mass is 539 g/mol. The second-order valence-electron chi connectivity index (χ2n) is 6.89. The lowest BCUT2D eigenvalue weighted by Gasteiger charge is -2.28. The minimum atomic E-state index is -4.57. The summed E-state index contributed by atoms with van der Waals surface area (Å²) >= 11 is 1.69. The molecule has 1 aliphatic heterocycles. The molecule has 1 amide bonds. The fourth-order valence-corrected chi connectivity index (χ4v) is 3.97. The maximum atomic E-state index is 13.6. The maximum absolute atomic E-state index is 13.6. The Morgan fingerprint density at radius 2 is 1.83 bits per heavy atom. The van der Waals surface area contributed by atoms with E-state index in [1.54, 1.807) is 22.6 Å². The molecule has 1 saturated heterocycles. The van der Waals surface area contributed by atoms with E-state index in [4.69, 9.17) is 0 Å². The van der Waals surface area contributed by atoms with Crippen LogP contribution < -0.4 is 10.6 Å². The normalized spacial score (nSPS) is 15.4. The fourth-order valence-electron chi connectivity index (χ4n) is 3.21. The number of nitrogens with one attached hydrogen (secondary N) is 2. The van der Waals surface area contributed by atoms with Crippen LogP contribution in [0.2, 0.25) is 0 Å². The van der Waals surface area contributed by atoms with Crippen LogP contribution in [0.4, 0.5) is 27.6 Å². The van der Waals surface area contributed by atoms with Gasteiger partial charge in [-0.3, -0.25) is 9.69 Å². The third-order valence-corrected chi connectivity index (χ3v) is 5.71. The van der Waals surface area contributed by atoms with E-state index in [0.29, 0.717) is 13.1 Å².